The van der Waals surface area contributed by atoms with Crippen LogP contribution in [0.2, 0.25) is 10.0 Å². The second kappa shape index (κ2) is 24.4. The highest BCUT2D eigenvalue weighted by atomic mass is 35.5. The molecule has 2 fully saturated rings. The van der Waals surface area contributed by atoms with Crippen LogP contribution in [0, 0.1) is 11.8 Å². The molecule has 4 aromatic carbocycles. The molecule has 0 radical (unpaired) electrons. The van der Waals surface area contributed by atoms with Gasteiger partial charge in [-0.3, -0.25) is 0 Å². The maximum absolute atomic E-state index is 7.48. The van der Waals surface area contributed by atoms with Crippen LogP contribution >= 0.6 is 35.0 Å². The summed E-state index contributed by atoms with van der Waals surface area (Å²) in [6.07, 6.45) is 28.9. The van der Waals surface area contributed by atoms with E-state index in [0.717, 1.165) is 47.6 Å². The molecule has 0 nitrogen and oxygen atoms in total. The molecule has 0 saturated heterocycles. The third kappa shape index (κ3) is 13.4. The van der Waals surface area contributed by atoms with E-state index < -0.39 is 0 Å². The zero-order chi connectivity index (χ0) is 41.4. The van der Waals surface area contributed by atoms with Gasteiger partial charge in [0.15, 0.2) is 0 Å². The summed E-state index contributed by atoms with van der Waals surface area (Å²) in [5.74, 6) is 3.03. The normalized spacial score (nSPS) is 20.7. The molecular weight excluding hydrogens is 776 g/mol. The van der Waals surface area contributed by atoms with Crippen LogP contribution in [0.15, 0.2) is 84.9 Å². The zero-order valence-electron chi connectivity index (χ0n) is 37.3. The molecule has 4 aromatic rings. The fraction of sp³-hybridized carbons (Fsp3) is 0.571. The van der Waals surface area contributed by atoms with Crippen LogP contribution in [0.25, 0.3) is 0 Å². The van der Waals surface area contributed by atoms with E-state index in [0.29, 0.717) is 11.8 Å². The summed E-state index contributed by atoms with van der Waals surface area (Å²) in [7, 11) is 0. The van der Waals surface area contributed by atoms with Gasteiger partial charge in [-0.2, -0.15) is 0 Å². The van der Waals surface area contributed by atoms with E-state index in [4.69, 9.17) is 23.2 Å². The van der Waals surface area contributed by atoms with Gasteiger partial charge in [-0.15, -0.1) is 11.8 Å². The van der Waals surface area contributed by atoms with Crippen LogP contribution < -0.4 is 0 Å². The Hall–Kier alpha value is -2.19. The van der Waals surface area contributed by atoms with Gasteiger partial charge in [0.1, 0.15) is 0 Å². The fourth-order valence-electron chi connectivity index (χ4n) is 10.4. The summed E-state index contributed by atoms with van der Waals surface area (Å²) in [6, 6.07) is 33.1. The van der Waals surface area contributed by atoms with Gasteiger partial charge in [-0.1, -0.05) is 201 Å². The van der Waals surface area contributed by atoms with E-state index in [1.807, 2.05) is 11.8 Å². The van der Waals surface area contributed by atoms with Gasteiger partial charge >= 0.3 is 0 Å². The third-order valence-corrected chi connectivity index (χ3v) is 16.3. The first kappa shape index (κ1) is 46.3. The van der Waals surface area contributed by atoms with E-state index in [1.54, 1.807) is 0 Å². The van der Waals surface area contributed by atoms with Crippen molar-refractivity contribution in [3.63, 3.8) is 0 Å². The summed E-state index contributed by atoms with van der Waals surface area (Å²) >= 11 is 17.0. The molecule has 0 N–H and O–H groups in total. The highest BCUT2D eigenvalue weighted by Crippen LogP contribution is 2.52. The minimum atomic E-state index is 0.0507. The number of aryl methyl sites for hydroxylation is 2. The van der Waals surface area contributed by atoms with Crippen LogP contribution in [0.1, 0.15) is 223 Å². The number of benzene rings is 4. The third-order valence-electron chi connectivity index (χ3n) is 14.1. The SMILES string of the molecule is CCCCCCC1CCC(c2ccc(C(SC(c3ccc(CCC)cc3)c3ccc(C4CCC(CCCCCC)CC4)cc3Cl)c3ccc(CCC)cc3)c(Cl)c2)CC1. The van der Waals surface area contributed by atoms with E-state index >= 15 is 0 Å². The van der Waals surface area contributed by atoms with Crippen molar-refractivity contribution in [3.8, 4) is 0 Å². The number of unbranched alkanes of at least 4 members (excludes halogenated alkanes) is 6. The van der Waals surface area contributed by atoms with E-state index in [2.05, 4.69) is 113 Å². The molecule has 59 heavy (non-hydrogen) atoms. The van der Waals surface area contributed by atoms with Gasteiger partial charge in [0.25, 0.3) is 0 Å². The molecule has 2 saturated carbocycles. The van der Waals surface area contributed by atoms with Gasteiger partial charge in [-0.05, 0) is 145 Å². The summed E-state index contributed by atoms with van der Waals surface area (Å²) in [6.45, 7) is 9.15. The zero-order valence-corrected chi connectivity index (χ0v) is 39.6. The standard InChI is InChI=1S/C56H76Cl2S/c1-5-9-11-13-17-43-19-27-45(28-20-43)49-35-37-51(53(57)39-49)55(47-31-23-41(15-7-3)24-32-47)59-56(48-33-25-42(16-8-4)26-34-48)52-38-36-50(40-54(52)58)46-29-21-44(22-30-46)18-14-12-10-6-2/h23-26,31-40,43-46,55-56H,5-22,27-30H2,1-4H3. The minimum Gasteiger partial charge on any atom is -0.136 e. The molecule has 6 rings (SSSR count). The summed E-state index contributed by atoms with van der Waals surface area (Å²) in [4.78, 5) is 0. The molecule has 3 heteroatoms. The number of thioether (sulfide) groups is 1. The highest BCUT2D eigenvalue weighted by Gasteiger charge is 2.29. The first-order chi connectivity index (χ1) is 28.9. The van der Waals surface area contributed by atoms with Gasteiger partial charge in [0.2, 0.25) is 0 Å². The lowest BCUT2D eigenvalue weighted by Crippen LogP contribution is -2.14. The summed E-state index contributed by atoms with van der Waals surface area (Å²) < 4.78 is 0. The van der Waals surface area contributed by atoms with Crippen molar-refractivity contribution >= 4 is 35.0 Å². The Kier molecular flexibility index (Phi) is 19.2. The van der Waals surface area contributed by atoms with Crippen LogP contribution in [-0.4, -0.2) is 0 Å². The summed E-state index contributed by atoms with van der Waals surface area (Å²) in [5.41, 5.74) is 10.7. The number of rotatable bonds is 22. The van der Waals surface area contributed by atoms with E-state index in [-0.39, 0.29) is 10.5 Å². The Labute approximate surface area is 375 Å². The van der Waals surface area contributed by atoms with Gasteiger partial charge in [0, 0.05) is 10.0 Å². The quantitative estimate of drug-likeness (QED) is 0.0710. The predicted octanol–water partition coefficient (Wildman–Crippen LogP) is 19.0. The molecule has 0 amide bonds. The maximum atomic E-state index is 7.48. The Balaban J connectivity index is 1.27. The van der Waals surface area contributed by atoms with Crippen molar-refractivity contribution in [2.45, 2.75) is 191 Å². The van der Waals surface area contributed by atoms with Gasteiger partial charge in [-0.25, -0.2) is 0 Å². The molecule has 320 valence electrons. The molecule has 2 unspecified atom stereocenters. The average molecular weight is 852 g/mol. The molecule has 0 bridgehead atoms. The number of hydrogen-bond donors (Lipinski definition) is 0. The van der Waals surface area contributed by atoms with Crippen LogP contribution in [0.4, 0.5) is 0 Å². The maximum Gasteiger partial charge on any atom is 0.0570 e. The topological polar surface area (TPSA) is 0 Å². The van der Waals surface area contributed by atoms with Crippen molar-refractivity contribution in [1.82, 2.24) is 0 Å². The smallest absolute Gasteiger partial charge is 0.0570 e. The lowest BCUT2D eigenvalue weighted by Gasteiger charge is -2.31. The molecular formula is C56H76Cl2S. The lowest BCUT2D eigenvalue weighted by molar-refractivity contribution is 0.302. The molecule has 2 aliphatic rings. The number of hydrogen-bond acceptors (Lipinski definition) is 1. The second-order valence-electron chi connectivity index (χ2n) is 18.6. The van der Waals surface area contributed by atoms with E-state index in [1.165, 1.54) is 160 Å². The van der Waals surface area contributed by atoms with Crippen LogP contribution in [0.5, 0.6) is 0 Å². The molecule has 0 spiro atoms. The average Bonchev–Trinajstić information content (AvgIpc) is 3.26. The minimum absolute atomic E-state index is 0.0507. The Morgan fingerprint density at radius 1 is 0.458 bits per heavy atom. The van der Waals surface area contributed by atoms with Crippen molar-refractivity contribution < 1.29 is 0 Å². The first-order valence-corrected chi connectivity index (χ1v) is 26.0. The molecule has 0 aromatic heterocycles. The van der Waals surface area contributed by atoms with Crippen molar-refractivity contribution in [2.24, 2.45) is 11.8 Å². The summed E-state index contributed by atoms with van der Waals surface area (Å²) in [5, 5.41) is 1.90. The largest absolute Gasteiger partial charge is 0.136 e. The van der Waals surface area contributed by atoms with E-state index in [9.17, 15) is 0 Å². The molecule has 0 aliphatic heterocycles. The molecule has 2 atom stereocenters. The van der Waals surface area contributed by atoms with Crippen molar-refractivity contribution in [3.05, 3.63) is 139 Å². The molecule has 0 heterocycles. The number of halogens is 2. The van der Waals surface area contributed by atoms with Gasteiger partial charge < -0.3 is 0 Å². The monoisotopic (exact) mass is 851 g/mol. The highest BCUT2D eigenvalue weighted by molar-refractivity contribution is 8.00. The van der Waals surface area contributed by atoms with Gasteiger partial charge in [0.05, 0.1) is 10.5 Å². The second-order valence-corrected chi connectivity index (χ2v) is 20.6. The predicted molar refractivity (Wildman–Crippen MR) is 262 cm³/mol. The van der Waals surface area contributed by atoms with Crippen LogP contribution in [0.3, 0.4) is 0 Å². The molecule has 2 aliphatic carbocycles. The Morgan fingerprint density at radius 3 is 1.19 bits per heavy atom. The van der Waals surface area contributed by atoms with Crippen molar-refractivity contribution in [1.29, 1.82) is 0 Å². The van der Waals surface area contributed by atoms with Crippen molar-refractivity contribution in [2.75, 3.05) is 0 Å². The first-order valence-electron chi connectivity index (χ1n) is 24.3. The lowest BCUT2D eigenvalue weighted by atomic mass is 9.77. The van der Waals surface area contributed by atoms with Crippen LogP contribution in [-0.2, 0) is 12.8 Å². The Morgan fingerprint density at radius 2 is 0.847 bits per heavy atom. The Bertz CT molecular complexity index is 1660. The fourth-order valence-corrected chi connectivity index (χ4v) is 12.7.